The molecule has 0 N–H and O–H groups in total. The van der Waals surface area contributed by atoms with E-state index >= 15 is 0 Å². The van der Waals surface area contributed by atoms with Crippen LogP contribution in [-0.2, 0) is 23.9 Å². The van der Waals surface area contributed by atoms with Gasteiger partial charge in [0.15, 0.2) is 0 Å². The molecule has 0 heterocycles. The van der Waals surface area contributed by atoms with Crippen LogP contribution in [0.15, 0.2) is 48.5 Å². The summed E-state index contributed by atoms with van der Waals surface area (Å²) in [7, 11) is 3.85. The van der Waals surface area contributed by atoms with Crippen molar-refractivity contribution in [3.8, 4) is 6.07 Å². The lowest BCUT2D eigenvalue weighted by atomic mass is 9.98. The quantitative estimate of drug-likeness (QED) is 0.642. The molecule has 0 fully saturated rings. The Morgan fingerprint density at radius 3 is 2.07 bits per heavy atom. The normalized spacial score (nSPS) is 12.5. The van der Waals surface area contributed by atoms with E-state index in [4.69, 9.17) is 5.26 Å². The van der Waals surface area contributed by atoms with Crippen molar-refractivity contribution < 1.29 is 18.0 Å². The average molecular weight is 417 g/mol. The van der Waals surface area contributed by atoms with Gasteiger partial charge in [-0.1, -0.05) is 31.2 Å². The SMILES string of the molecule is CC(Cc1ccc(C(F)(F)F)cc1)C(=O)N(CCN(C)C)Cc1ccc(C#N)cc1. The van der Waals surface area contributed by atoms with Gasteiger partial charge in [0.25, 0.3) is 0 Å². The number of likely N-dealkylation sites (N-methyl/N-ethyl adjacent to an activating group) is 1. The van der Waals surface area contributed by atoms with Gasteiger partial charge in [-0.2, -0.15) is 18.4 Å². The first-order valence-corrected chi connectivity index (χ1v) is 9.69. The van der Waals surface area contributed by atoms with Crippen molar-refractivity contribution in [3.63, 3.8) is 0 Å². The molecule has 0 saturated heterocycles. The summed E-state index contributed by atoms with van der Waals surface area (Å²) in [5, 5.41) is 8.94. The van der Waals surface area contributed by atoms with Crippen molar-refractivity contribution >= 4 is 5.91 Å². The molecule has 7 heteroatoms. The third-order valence-electron chi connectivity index (χ3n) is 4.83. The van der Waals surface area contributed by atoms with Crippen LogP contribution in [0.2, 0.25) is 0 Å². The minimum absolute atomic E-state index is 0.0545. The van der Waals surface area contributed by atoms with Gasteiger partial charge < -0.3 is 9.80 Å². The number of benzene rings is 2. The van der Waals surface area contributed by atoms with Gasteiger partial charge >= 0.3 is 6.18 Å². The first-order chi connectivity index (χ1) is 14.1. The number of carbonyl (C=O) groups is 1. The van der Waals surface area contributed by atoms with Gasteiger partial charge in [0, 0.05) is 25.6 Å². The van der Waals surface area contributed by atoms with Crippen LogP contribution in [0.4, 0.5) is 13.2 Å². The number of amides is 1. The Morgan fingerprint density at radius 2 is 1.57 bits per heavy atom. The smallest absolute Gasteiger partial charge is 0.337 e. The maximum atomic E-state index is 13.1. The Bertz CT molecular complexity index is 869. The lowest BCUT2D eigenvalue weighted by Gasteiger charge is -2.27. The summed E-state index contributed by atoms with van der Waals surface area (Å²) in [6.07, 6.45) is -4.01. The molecule has 1 unspecified atom stereocenters. The zero-order valence-corrected chi connectivity index (χ0v) is 17.4. The molecular weight excluding hydrogens is 391 g/mol. The standard InChI is InChI=1S/C23H26F3N3O/c1-17(14-18-8-10-21(11-9-18)23(24,25)26)22(30)29(13-12-28(2)3)16-20-6-4-19(15-27)5-7-20/h4-11,17H,12-14,16H2,1-3H3. The van der Waals surface area contributed by atoms with Gasteiger partial charge in [0.1, 0.15) is 0 Å². The zero-order valence-electron chi connectivity index (χ0n) is 17.4. The molecule has 2 aromatic rings. The topological polar surface area (TPSA) is 47.3 Å². The summed E-state index contributed by atoms with van der Waals surface area (Å²) >= 11 is 0. The van der Waals surface area contributed by atoms with Crippen LogP contribution in [0.5, 0.6) is 0 Å². The molecule has 30 heavy (non-hydrogen) atoms. The molecule has 0 bridgehead atoms. The summed E-state index contributed by atoms with van der Waals surface area (Å²) < 4.78 is 38.2. The van der Waals surface area contributed by atoms with E-state index in [1.54, 1.807) is 24.0 Å². The van der Waals surface area contributed by atoms with Gasteiger partial charge in [-0.25, -0.2) is 0 Å². The van der Waals surface area contributed by atoms with Crippen LogP contribution in [0, 0.1) is 17.2 Å². The Balaban J connectivity index is 2.10. The van der Waals surface area contributed by atoms with Crippen LogP contribution < -0.4 is 0 Å². The predicted octanol–water partition coefficient (Wildman–Crippen LogP) is 4.35. The van der Waals surface area contributed by atoms with Gasteiger partial charge in [-0.3, -0.25) is 4.79 Å². The third kappa shape index (κ3) is 6.89. The number of alkyl halides is 3. The number of hydrogen-bond acceptors (Lipinski definition) is 3. The van der Waals surface area contributed by atoms with E-state index in [1.807, 2.05) is 31.1 Å². The molecule has 0 radical (unpaired) electrons. The Hall–Kier alpha value is -2.85. The van der Waals surface area contributed by atoms with Crippen LogP contribution >= 0.6 is 0 Å². The number of nitrogens with zero attached hydrogens (tertiary/aromatic N) is 3. The van der Waals surface area contributed by atoms with Crippen molar-refractivity contribution in [2.24, 2.45) is 5.92 Å². The first kappa shape index (κ1) is 23.4. The van der Waals surface area contributed by atoms with Crippen molar-refractivity contribution in [2.45, 2.75) is 26.1 Å². The number of rotatable bonds is 8. The monoisotopic (exact) mass is 417 g/mol. The fourth-order valence-corrected chi connectivity index (χ4v) is 3.08. The highest BCUT2D eigenvalue weighted by Gasteiger charge is 2.30. The summed E-state index contributed by atoms with van der Waals surface area (Å²) in [5.41, 5.74) is 1.47. The zero-order chi connectivity index (χ0) is 22.3. The van der Waals surface area contributed by atoms with Gasteiger partial charge in [0.05, 0.1) is 17.2 Å². The van der Waals surface area contributed by atoms with Crippen molar-refractivity contribution in [2.75, 3.05) is 27.2 Å². The highest BCUT2D eigenvalue weighted by atomic mass is 19.4. The fraction of sp³-hybridized carbons (Fsp3) is 0.391. The second-order valence-corrected chi connectivity index (χ2v) is 7.67. The van der Waals surface area contributed by atoms with E-state index in [-0.39, 0.29) is 11.8 Å². The van der Waals surface area contributed by atoms with E-state index < -0.39 is 11.7 Å². The lowest BCUT2D eigenvalue weighted by Crippen LogP contribution is -2.39. The largest absolute Gasteiger partial charge is 0.416 e. The summed E-state index contributed by atoms with van der Waals surface area (Å²) in [6, 6.07) is 14.1. The third-order valence-corrected chi connectivity index (χ3v) is 4.83. The van der Waals surface area contributed by atoms with E-state index in [1.165, 1.54) is 12.1 Å². The van der Waals surface area contributed by atoms with Crippen molar-refractivity contribution in [1.29, 1.82) is 5.26 Å². The predicted molar refractivity (Wildman–Crippen MR) is 109 cm³/mol. The van der Waals surface area contributed by atoms with Crippen LogP contribution in [-0.4, -0.2) is 42.9 Å². The van der Waals surface area contributed by atoms with Crippen LogP contribution in [0.3, 0.4) is 0 Å². The molecule has 0 aromatic heterocycles. The Labute approximate surface area is 175 Å². The second-order valence-electron chi connectivity index (χ2n) is 7.67. The Kier molecular flexibility index (Phi) is 8.01. The summed E-state index contributed by atoms with van der Waals surface area (Å²) in [6.45, 7) is 3.43. The molecule has 1 amide bonds. The molecule has 1 atom stereocenters. The van der Waals surface area contributed by atoms with Gasteiger partial charge in [0.2, 0.25) is 5.91 Å². The molecule has 0 aliphatic heterocycles. The molecule has 0 aliphatic carbocycles. The summed E-state index contributed by atoms with van der Waals surface area (Å²) in [5.74, 6) is -0.427. The van der Waals surface area contributed by atoms with Crippen molar-refractivity contribution in [1.82, 2.24) is 9.80 Å². The molecule has 160 valence electrons. The maximum absolute atomic E-state index is 13.1. The van der Waals surface area contributed by atoms with Crippen molar-refractivity contribution in [3.05, 3.63) is 70.8 Å². The number of nitriles is 1. The maximum Gasteiger partial charge on any atom is 0.416 e. The minimum atomic E-state index is -4.37. The molecule has 2 rings (SSSR count). The Morgan fingerprint density at radius 1 is 1.00 bits per heavy atom. The average Bonchev–Trinajstić information content (AvgIpc) is 2.70. The molecule has 0 spiro atoms. The molecule has 0 saturated carbocycles. The molecular formula is C23H26F3N3O. The van der Waals surface area contributed by atoms with Gasteiger partial charge in [-0.15, -0.1) is 0 Å². The second kappa shape index (κ2) is 10.3. The highest BCUT2D eigenvalue weighted by molar-refractivity contribution is 5.78. The van der Waals surface area contributed by atoms with E-state index in [9.17, 15) is 18.0 Å². The van der Waals surface area contributed by atoms with Crippen LogP contribution in [0.25, 0.3) is 0 Å². The minimum Gasteiger partial charge on any atom is -0.337 e. The lowest BCUT2D eigenvalue weighted by molar-refractivity contribution is -0.138. The summed E-state index contributed by atoms with van der Waals surface area (Å²) in [4.78, 5) is 16.8. The molecule has 0 aliphatic rings. The van der Waals surface area contributed by atoms with Gasteiger partial charge in [-0.05, 0) is 55.9 Å². The number of carbonyl (C=O) groups excluding carboxylic acids is 1. The van der Waals surface area contributed by atoms with E-state index in [2.05, 4.69) is 6.07 Å². The van der Waals surface area contributed by atoms with E-state index in [0.717, 1.165) is 17.7 Å². The fourth-order valence-electron chi connectivity index (χ4n) is 3.08. The molecule has 2 aromatic carbocycles. The van der Waals surface area contributed by atoms with Crippen LogP contribution in [0.1, 0.15) is 29.2 Å². The highest BCUT2D eigenvalue weighted by Crippen LogP contribution is 2.29. The molecule has 4 nitrogen and oxygen atoms in total. The first-order valence-electron chi connectivity index (χ1n) is 9.69. The number of hydrogen-bond donors (Lipinski definition) is 0. The number of halogens is 3. The van der Waals surface area contributed by atoms with E-state index in [0.29, 0.717) is 37.2 Å².